The molecule has 5 aliphatic rings. The Kier molecular flexibility index (Phi) is 7.87. The summed E-state index contributed by atoms with van der Waals surface area (Å²) < 4.78 is -0.260. The van der Waals surface area contributed by atoms with Crippen molar-refractivity contribution in [3.8, 4) is 0 Å². The first kappa shape index (κ1) is 32.0. The van der Waals surface area contributed by atoms with Crippen molar-refractivity contribution in [1.29, 1.82) is 0 Å². The molecule has 0 radical (unpaired) electrons. The zero-order valence-electron chi connectivity index (χ0n) is 26.0. The second-order valence-electron chi connectivity index (χ2n) is 12.5. The zero-order chi connectivity index (χ0) is 31.3. The maximum Gasteiger partial charge on any atom is 4.00 e. The van der Waals surface area contributed by atoms with Crippen LogP contribution in [0.1, 0.15) is 74.2 Å². The van der Waals surface area contributed by atoms with E-state index in [2.05, 4.69) is 39.8 Å². The Balaban J connectivity index is 0.00000357. The molecule has 4 atom stereocenters. The van der Waals surface area contributed by atoms with Gasteiger partial charge in [0.1, 0.15) is 0 Å². The number of carbonyl (C=O) groups is 2. The van der Waals surface area contributed by atoms with Crippen LogP contribution in [0.2, 0.25) is 0 Å². The molecule has 45 heavy (non-hydrogen) atoms. The third-order valence-electron chi connectivity index (χ3n) is 10.1. The second-order valence-corrected chi connectivity index (χ2v) is 16.0. The standard InChI is InChI=1S/C34H34N4O4S2.Fe/c1-15-21(7-9-31(39)40)27-12-28-22(8-10-32(41)42)16(2)24(36-28)13-29-34(20(6)44-34)18(4)26(38-29)14-30-33(19(5)43-33)17(3)25(37-30)11-23(15)35-27;/h11-14,19-20H,7-10H2,1-6H3,(H,39,40)(H,41,42);/q-4;+4/p+2/b23-11-,27-12-,29-13-,30-14-;/t19-,20-,33+,34+;/m0./s1. The molecule has 5 aliphatic heterocycles. The number of hydrogen-bond donors (Lipinski definition) is 2. The summed E-state index contributed by atoms with van der Waals surface area (Å²) in [7, 11) is 0. The van der Waals surface area contributed by atoms with E-state index in [1.54, 1.807) is 0 Å². The zero-order valence-corrected chi connectivity index (χ0v) is 28.9. The molecule has 7 rings (SSSR count). The summed E-state index contributed by atoms with van der Waals surface area (Å²) >= 11 is 2.66. The molecule has 2 fully saturated rings. The Morgan fingerprint density at radius 1 is 0.711 bits per heavy atom. The van der Waals surface area contributed by atoms with Crippen LogP contribution in [0.3, 0.4) is 0 Å². The molecule has 11 heteroatoms. The SMILES string of the molecule is CC1=C2/C=c3\[n-]/c(c(CCC(=O)O)c3C)=C\c3[n-]c(c(C)c3CCC(=O)O)/C=C3\[N-]C(=C(C)[C@]34[SH+][C@H]4C)/C=C(\[N-]2)[C@@]12[SH+][C@H]2C.[Fe+4]. The van der Waals surface area contributed by atoms with Crippen LogP contribution in [0.15, 0.2) is 40.0 Å². The van der Waals surface area contributed by atoms with Crippen LogP contribution in [-0.2, 0) is 63.0 Å². The predicted octanol–water partition coefficient (Wildman–Crippen LogP) is 3.33. The van der Waals surface area contributed by atoms with Gasteiger partial charge in [-0.15, -0.1) is 33.5 Å². The summed E-state index contributed by atoms with van der Waals surface area (Å²) in [6.07, 6.45) is 8.89. The second kappa shape index (κ2) is 11.1. The molecule has 2 saturated heterocycles. The van der Waals surface area contributed by atoms with Crippen LogP contribution >= 0.6 is 0 Å². The molecule has 0 aliphatic carbocycles. The van der Waals surface area contributed by atoms with Gasteiger partial charge in [0.15, 0.2) is 20.0 Å². The fourth-order valence-corrected chi connectivity index (χ4v) is 10.1. The predicted molar refractivity (Wildman–Crippen MR) is 178 cm³/mol. The van der Waals surface area contributed by atoms with E-state index in [1.165, 1.54) is 34.7 Å². The van der Waals surface area contributed by atoms with Crippen LogP contribution in [0, 0.1) is 13.8 Å². The van der Waals surface area contributed by atoms with Gasteiger partial charge in [0.2, 0.25) is 0 Å². The van der Waals surface area contributed by atoms with Crippen LogP contribution in [-0.4, -0.2) is 42.1 Å². The number of carboxylic acids is 2. The average Bonchev–Trinajstić information content (AvgIpc) is 3.68. The number of fused-ring (bicyclic) bond motifs is 10. The molecule has 234 valence electrons. The molecule has 2 spiro atoms. The average molecular weight is 685 g/mol. The number of thiol groups is 2. The van der Waals surface area contributed by atoms with Crippen molar-refractivity contribution < 1.29 is 36.9 Å². The largest absolute Gasteiger partial charge is 4.00 e. The van der Waals surface area contributed by atoms with Gasteiger partial charge in [0.05, 0.1) is 0 Å². The van der Waals surface area contributed by atoms with Gasteiger partial charge < -0.3 is 30.8 Å². The van der Waals surface area contributed by atoms with Crippen molar-refractivity contribution in [2.45, 2.75) is 87.2 Å². The van der Waals surface area contributed by atoms with E-state index >= 15 is 0 Å². The van der Waals surface area contributed by atoms with Gasteiger partial charge >= 0.3 is 29.0 Å². The minimum absolute atomic E-state index is 0. The Morgan fingerprint density at radius 2 is 1.22 bits per heavy atom. The first-order valence-electron chi connectivity index (χ1n) is 15.1. The summed E-state index contributed by atoms with van der Waals surface area (Å²) in [6.45, 7) is 12.9. The summed E-state index contributed by atoms with van der Waals surface area (Å²) in [6, 6.07) is 0. The molecular formula is C34H36FeN4O4S2+2. The van der Waals surface area contributed by atoms with Gasteiger partial charge in [-0.05, 0) is 89.1 Å². The minimum atomic E-state index is -0.868. The first-order chi connectivity index (χ1) is 20.9. The minimum Gasteiger partial charge on any atom is -0.657 e. The number of nitrogens with zero attached hydrogens (tertiary/aromatic N) is 4. The van der Waals surface area contributed by atoms with Crippen LogP contribution in [0.25, 0.3) is 28.9 Å². The van der Waals surface area contributed by atoms with Crippen LogP contribution in [0.5, 0.6) is 0 Å². The van der Waals surface area contributed by atoms with E-state index < -0.39 is 11.9 Å². The summed E-state index contributed by atoms with van der Waals surface area (Å²) in [5.41, 5.74) is 11.5. The maximum absolute atomic E-state index is 11.6. The van der Waals surface area contributed by atoms with E-state index in [0.717, 1.165) is 56.1 Å². The van der Waals surface area contributed by atoms with E-state index in [4.69, 9.17) is 20.6 Å². The van der Waals surface area contributed by atoms with Crippen molar-refractivity contribution in [3.63, 3.8) is 0 Å². The molecule has 7 heterocycles. The van der Waals surface area contributed by atoms with Gasteiger partial charge in [-0.2, -0.15) is 0 Å². The van der Waals surface area contributed by atoms with E-state index in [1.807, 2.05) is 26.0 Å². The molecule has 0 aromatic carbocycles. The number of carboxylic acid groups (broad SMARTS) is 2. The Labute approximate surface area is 281 Å². The third kappa shape index (κ3) is 4.89. The third-order valence-corrected chi connectivity index (χ3v) is 13.8. The molecule has 0 amide bonds. The molecule has 2 aromatic rings. The fourth-order valence-electron chi connectivity index (χ4n) is 7.24. The Bertz CT molecular complexity index is 1930. The maximum atomic E-state index is 11.6. The Morgan fingerprint density at radius 3 is 1.76 bits per heavy atom. The number of aromatic nitrogens is 2. The number of hydrogen-bond acceptors (Lipinski definition) is 2. The van der Waals surface area contributed by atoms with Gasteiger partial charge in [0.25, 0.3) is 0 Å². The first-order valence-corrected chi connectivity index (χ1v) is 17.0. The van der Waals surface area contributed by atoms with E-state index in [-0.39, 0.29) is 39.4 Å². The Hall–Kier alpha value is -2.98. The molecule has 2 N–H and O–H groups in total. The van der Waals surface area contributed by atoms with Crippen molar-refractivity contribution in [1.82, 2.24) is 9.97 Å². The van der Waals surface area contributed by atoms with Crippen molar-refractivity contribution in [2.75, 3.05) is 0 Å². The van der Waals surface area contributed by atoms with E-state index in [9.17, 15) is 19.8 Å². The number of rotatable bonds is 6. The summed E-state index contributed by atoms with van der Waals surface area (Å²) in [5, 5.41) is 31.8. The molecule has 8 nitrogen and oxygen atoms in total. The molecular weight excluding hydrogens is 648 g/mol. The molecule has 0 saturated carbocycles. The molecule has 2 aromatic heterocycles. The van der Waals surface area contributed by atoms with Crippen molar-refractivity contribution in [3.05, 3.63) is 95.0 Å². The molecule has 8 bridgehead atoms. The topological polar surface area (TPSA) is 131 Å². The summed E-state index contributed by atoms with van der Waals surface area (Å²) in [4.78, 5) is 33.3. The number of allylic oxidation sites excluding steroid dienone is 2. The van der Waals surface area contributed by atoms with Gasteiger partial charge in [-0.1, -0.05) is 58.0 Å². The van der Waals surface area contributed by atoms with Gasteiger partial charge in [-0.25, -0.2) is 0 Å². The van der Waals surface area contributed by atoms with Crippen molar-refractivity contribution >= 4 is 53.7 Å². The van der Waals surface area contributed by atoms with Crippen LogP contribution < -0.4 is 20.7 Å². The number of aliphatic carboxylic acids is 2. The van der Waals surface area contributed by atoms with Crippen LogP contribution in [0.4, 0.5) is 0 Å². The smallest absolute Gasteiger partial charge is 0.657 e. The monoisotopic (exact) mass is 684 g/mol. The van der Waals surface area contributed by atoms with E-state index in [0.29, 0.717) is 34.4 Å². The van der Waals surface area contributed by atoms with Gasteiger partial charge in [0, 0.05) is 12.8 Å². The van der Waals surface area contributed by atoms with Gasteiger partial charge in [-0.3, -0.25) is 9.59 Å². The normalized spacial score (nSPS) is 31.2. The quantitative estimate of drug-likeness (QED) is 0.208. The summed E-state index contributed by atoms with van der Waals surface area (Å²) in [5.74, 6) is -1.74. The fraction of sp³-hybridized carbons (Fsp3) is 0.412. The molecule has 0 unspecified atom stereocenters. The van der Waals surface area contributed by atoms with Crippen molar-refractivity contribution in [2.24, 2.45) is 0 Å².